The Hall–Kier alpha value is -0.410. The Morgan fingerprint density at radius 2 is 2.07 bits per heavy atom. The number of hydrogen-bond acceptors (Lipinski definition) is 1. The van der Waals surface area contributed by atoms with E-state index < -0.39 is 6.17 Å². The second-order valence-electron chi connectivity index (χ2n) is 4.02. The van der Waals surface area contributed by atoms with Crippen molar-refractivity contribution in [3.63, 3.8) is 0 Å². The molecular weight excluding hydrogens is 245 g/mol. The summed E-state index contributed by atoms with van der Waals surface area (Å²) >= 11 is 3.39. The SMILES string of the molecule is CC1(c2ccc(Br)cc2)CC(F)CN1. The van der Waals surface area contributed by atoms with Gasteiger partial charge in [-0.05, 0) is 24.6 Å². The topological polar surface area (TPSA) is 12.0 Å². The predicted octanol–water partition coefficient (Wildman–Crippen LogP) is 3.00. The molecular formula is C11H13BrFN. The molecule has 3 heteroatoms. The van der Waals surface area contributed by atoms with E-state index in [9.17, 15) is 4.39 Å². The van der Waals surface area contributed by atoms with Crippen molar-refractivity contribution in [3.8, 4) is 0 Å². The molecule has 0 bridgehead atoms. The lowest BCUT2D eigenvalue weighted by molar-refractivity contribution is 0.333. The van der Waals surface area contributed by atoms with Gasteiger partial charge in [-0.1, -0.05) is 28.1 Å². The van der Waals surface area contributed by atoms with Crippen molar-refractivity contribution in [1.82, 2.24) is 5.32 Å². The largest absolute Gasteiger partial charge is 0.305 e. The van der Waals surface area contributed by atoms with Crippen LogP contribution in [0.1, 0.15) is 18.9 Å². The summed E-state index contributed by atoms with van der Waals surface area (Å²) in [5.74, 6) is 0. The third kappa shape index (κ3) is 1.84. The number of halogens is 2. The Morgan fingerprint density at radius 1 is 1.43 bits per heavy atom. The minimum absolute atomic E-state index is 0.194. The van der Waals surface area contributed by atoms with Crippen molar-refractivity contribution in [1.29, 1.82) is 0 Å². The first kappa shape index (κ1) is 10.1. The van der Waals surface area contributed by atoms with E-state index in [0.29, 0.717) is 13.0 Å². The maximum atomic E-state index is 13.1. The number of benzene rings is 1. The predicted molar refractivity (Wildman–Crippen MR) is 59.0 cm³/mol. The van der Waals surface area contributed by atoms with Crippen molar-refractivity contribution >= 4 is 15.9 Å². The van der Waals surface area contributed by atoms with Crippen LogP contribution >= 0.6 is 15.9 Å². The molecule has 0 saturated carbocycles. The third-order valence-corrected chi connectivity index (χ3v) is 3.35. The van der Waals surface area contributed by atoms with Gasteiger partial charge in [-0.2, -0.15) is 0 Å². The normalized spacial score (nSPS) is 32.1. The van der Waals surface area contributed by atoms with Crippen LogP contribution < -0.4 is 5.32 Å². The molecule has 1 fully saturated rings. The summed E-state index contributed by atoms with van der Waals surface area (Å²) in [6.45, 7) is 2.52. The lowest BCUT2D eigenvalue weighted by atomic mass is 9.90. The molecule has 0 amide bonds. The zero-order valence-corrected chi connectivity index (χ0v) is 9.64. The van der Waals surface area contributed by atoms with Crippen LogP contribution in [0.3, 0.4) is 0 Å². The van der Waals surface area contributed by atoms with E-state index in [0.717, 1.165) is 10.0 Å². The van der Waals surface area contributed by atoms with Crippen LogP contribution in [-0.4, -0.2) is 12.7 Å². The average molecular weight is 258 g/mol. The summed E-state index contributed by atoms with van der Waals surface area (Å²) in [4.78, 5) is 0. The van der Waals surface area contributed by atoms with Gasteiger partial charge in [0, 0.05) is 23.0 Å². The third-order valence-electron chi connectivity index (χ3n) is 2.82. The molecule has 0 aliphatic carbocycles. The number of alkyl halides is 1. The van der Waals surface area contributed by atoms with Crippen LogP contribution in [0.25, 0.3) is 0 Å². The fraction of sp³-hybridized carbons (Fsp3) is 0.455. The van der Waals surface area contributed by atoms with Crippen molar-refractivity contribution in [2.75, 3.05) is 6.54 Å². The van der Waals surface area contributed by atoms with Crippen molar-refractivity contribution in [3.05, 3.63) is 34.3 Å². The van der Waals surface area contributed by atoms with Crippen molar-refractivity contribution in [2.24, 2.45) is 0 Å². The van der Waals surface area contributed by atoms with Gasteiger partial charge in [0.05, 0.1) is 0 Å². The quantitative estimate of drug-likeness (QED) is 0.816. The van der Waals surface area contributed by atoms with Gasteiger partial charge >= 0.3 is 0 Å². The Kier molecular flexibility index (Phi) is 2.62. The zero-order valence-electron chi connectivity index (χ0n) is 8.06. The zero-order chi connectivity index (χ0) is 10.2. The van der Waals surface area contributed by atoms with Gasteiger partial charge in [-0.3, -0.25) is 0 Å². The molecule has 1 saturated heterocycles. The van der Waals surface area contributed by atoms with Gasteiger partial charge in [0.25, 0.3) is 0 Å². The molecule has 76 valence electrons. The van der Waals surface area contributed by atoms with Gasteiger partial charge in [0.2, 0.25) is 0 Å². The summed E-state index contributed by atoms with van der Waals surface area (Å²) in [6.07, 6.45) is -0.155. The summed E-state index contributed by atoms with van der Waals surface area (Å²) < 4.78 is 14.2. The highest BCUT2D eigenvalue weighted by molar-refractivity contribution is 9.10. The molecule has 0 radical (unpaired) electrons. The first-order valence-corrected chi connectivity index (χ1v) is 5.55. The molecule has 1 aliphatic rings. The molecule has 1 N–H and O–H groups in total. The molecule has 2 unspecified atom stereocenters. The van der Waals surface area contributed by atoms with Gasteiger partial charge in [-0.25, -0.2) is 4.39 Å². The second-order valence-corrected chi connectivity index (χ2v) is 4.94. The lowest BCUT2D eigenvalue weighted by Crippen LogP contribution is -2.32. The van der Waals surface area contributed by atoms with E-state index in [4.69, 9.17) is 0 Å². The van der Waals surface area contributed by atoms with Gasteiger partial charge in [0.1, 0.15) is 6.17 Å². The molecule has 1 aromatic rings. The minimum atomic E-state index is -0.719. The van der Waals surface area contributed by atoms with Crippen molar-refractivity contribution in [2.45, 2.75) is 25.1 Å². The molecule has 1 heterocycles. The summed E-state index contributed by atoms with van der Waals surface area (Å²) in [5.41, 5.74) is 0.959. The number of hydrogen-bond donors (Lipinski definition) is 1. The Balaban J connectivity index is 2.26. The van der Waals surface area contributed by atoms with Gasteiger partial charge < -0.3 is 5.32 Å². The highest BCUT2D eigenvalue weighted by Crippen LogP contribution is 2.32. The summed E-state index contributed by atoms with van der Waals surface area (Å²) in [7, 11) is 0. The average Bonchev–Trinajstić information content (AvgIpc) is 2.48. The maximum Gasteiger partial charge on any atom is 0.115 e. The van der Waals surface area contributed by atoms with E-state index >= 15 is 0 Å². The van der Waals surface area contributed by atoms with Gasteiger partial charge in [-0.15, -0.1) is 0 Å². The summed E-state index contributed by atoms with van der Waals surface area (Å²) in [6, 6.07) is 8.06. The molecule has 1 nitrogen and oxygen atoms in total. The van der Waals surface area contributed by atoms with E-state index in [2.05, 4.69) is 28.2 Å². The van der Waals surface area contributed by atoms with Crippen LogP contribution in [0.4, 0.5) is 4.39 Å². The molecule has 0 aromatic heterocycles. The van der Waals surface area contributed by atoms with Gasteiger partial charge in [0.15, 0.2) is 0 Å². The molecule has 1 aliphatic heterocycles. The maximum absolute atomic E-state index is 13.1. The van der Waals surface area contributed by atoms with E-state index in [-0.39, 0.29) is 5.54 Å². The molecule has 1 aromatic carbocycles. The van der Waals surface area contributed by atoms with Crippen LogP contribution in [0.15, 0.2) is 28.7 Å². The van der Waals surface area contributed by atoms with Crippen LogP contribution in [0.2, 0.25) is 0 Å². The number of nitrogens with one attached hydrogen (secondary N) is 1. The Morgan fingerprint density at radius 3 is 2.57 bits per heavy atom. The Labute approximate surface area is 91.8 Å². The van der Waals surface area contributed by atoms with Crippen LogP contribution in [0.5, 0.6) is 0 Å². The fourth-order valence-corrected chi connectivity index (χ4v) is 2.23. The monoisotopic (exact) mass is 257 g/mol. The molecule has 0 spiro atoms. The Bertz CT molecular complexity index is 325. The molecule has 2 rings (SSSR count). The lowest BCUT2D eigenvalue weighted by Gasteiger charge is -2.24. The highest BCUT2D eigenvalue weighted by Gasteiger charge is 2.35. The van der Waals surface area contributed by atoms with Crippen molar-refractivity contribution < 1.29 is 4.39 Å². The van der Waals surface area contributed by atoms with E-state index in [1.54, 1.807) is 0 Å². The van der Waals surface area contributed by atoms with E-state index in [1.165, 1.54) is 0 Å². The first-order valence-electron chi connectivity index (χ1n) is 4.75. The molecule has 14 heavy (non-hydrogen) atoms. The second kappa shape index (κ2) is 3.63. The van der Waals surface area contributed by atoms with Crippen LogP contribution in [0, 0.1) is 0 Å². The fourth-order valence-electron chi connectivity index (χ4n) is 1.96. The van der Waals surface area contributed by atoms with Crippen LogP contribution in [-0.2, 0) is 5.54 Å². The number of rotatable bonds is 1. The smallest absolute Gasteiger partial charge is 0.115 e. The first-order chi connectivity index (χ1) is 6.60. The minimum Gasteiger partial charge on any atom is -0.305 e. The summed E-state index contributed by atoms with van der Waals surface area (Å²) in [5, 5.41) is 3.23. The standard InChI is InChI=1S/C11H13BrFN/c1-11(6-10(13)7-14-11)8-2-4-9(12)5-3-8/h2-5,10,14H,6-7H2,1H3. The highest BCUT2D eigenvalue weighted by atomic mass is 79.9. The molecule has 2 atom stereocenters. The van der Waals surface area contributed by atoms with E-state index in [1.807, 2.05) is 24.3 Å².